The molecule has 0 atom stereocenters. The summed E-state index contributed by atoms with van der Waals surface area (Å²) in [7, 11) is -5.73. The van der Waals surface area contributed by atoms with Gasteiger partial charge >= 0.3 is 15.6 Å². The number of fused-ring (bicyclic) bond motifs is 1. The zero-order valence-corrected chi connectivity index (χ0v) is 12.7. The monoisotopic (exact) mass is 354 g/mol. The van der Waals surface area contributed by atoms with Crippen LogP contribution in [0.1, 0.15) is 0 Å². The number of alkyl halides is 3. The van der Waals surface area contributed by atoms with Gasteiger partial charge in [0.15, 0.2) is 0 Å². The van der Waals surface area contributed by atoms with Crippen LogP contribution in [0.4, 0.5) is 13.2 Å². The van der Waals surface area contributed by atoms with E-state index in [-0.39, 0.29) is 5.52 Å². The molecule has 5 nitrogen and oxygen atoms in total. The number of aromatic nitrogens is 2. The molecule has 0 aliphatic heterocycles. The first-order chi connectivity index (χ1) is 11.3. The fraction of sp³-hybridized carbons (Fsp3) is 0.0667. The Morgan fingerprint density at radius 1 is 0.958 bits per heavy atom. The molecule has 0 fully saturated rings. The highest BCUT2D eigenvalue weighted by atomic mass is 32.2. The van der Waals surface area contributed by atoms with E-state index in [9.17, 15) is 21.6 Å². The van der Waals surface area contributed by atoms with E-state index in [1.807, 2.05) is 30.3 Å². The standard InChI is InChI=1S/C15H9F3N2O3S/c16-15(17,18)24(21,22)23-11-6-7-12-13(8-11)19-9-20-14(12)10-4-2-1-3-5-10/h1-9H. The number of nitrogens with zero attached hydrogens (tertiary/aromatic N) is 2. The second kappa shape index (κ2) is 5.75. The molecule has 124 valence electrons. The minimum absolute atomic E-state index is 0.263. The minimum atomic E-state index is -5.73. The SMILES string of the molecule is O=S(=O)(Oc1ccc2c(-c3ccccc3)ncnc2c1)C(F)(F)F. The summed E-state index contributed by atoms with van der Waals surface area (Å²) in [5.74, 6) is -0.475. The number of rotatable bonds is 3. The topological polar surface area (TPSA) is 69.2 Å². The summed E-state index contributed by atoms with van der Waals surface area (Å²) >= 11 is 0. The molecule has 0 aliphatic carbocycles. The van der Waals surface area contributed by atoms with Gasteiger partial charge in [0.1, 0.15) is 12.1 Å². The van der Waals surface area contributed by atoms with Crippen molar-refractivity contribution in [3.63, 3.8) is 0 Å². The third kappa shape index (κ3) is 3.02. The molecule has 0 bridgehead atoms. The average Bonchev–Trinajstić information content (AvgIpc) is 2.53. The van der Waals surface area contributed by atoms with Gasteiger partial charge in [-0.1, -0.05) is 30.3 Å². The maximum atomic E-state index is 12.4. The predicted molar refractivity (Wildman–Crippen MR) is 80.6 cm³/mol. The van der Waals surface area contributed by atoms with Gasteiger partial charge < -0.3 is 4.18 Å². The lowest BCUT2D eigenvalue weighted by molar-refractivity contribution is -0.0500. The van der Waals surface area contributed by atoms with Gasteiger partial charge in [0, 0.05) is 17.0 Å². The first-order valence-corrected chi connectivity index (χ1v) is 8.00. The molecule has 9 heteroatoms. The normalized spacial score (nSPS) is 12.3. The molecule has 1 heterocycles. The molecule has 3 rings (SSSR count). The molecule has 0 amide bonds. The lowest BCUT2D eigenvalue weighted by Crippen LogP contribution is -2.28. The van der Waals surface area contributed by atoms with E-state index in [0.29, 0.717) is 11.1 Å². The second-order valence-corrected chi connectivity index (χ2v) is 6.29. The van der Waals surface area contributed by atoms with Crippen LogP contribution < -0.4 is 4.18 Å². The molecule has 0 spiro atoms. The van der Waals surface area contributed by atoms with Crippen LogP contribution in [0.2, 0.25) is 0 Å². The lowest BCUT2D eigenvalue weighted by atomic mass is 10.1. The number of hydrogen-bond acceptors (Lipinski definition) is 5. The van der Waals surface area contributed by atoms with E-state index < -0.39 is 21.4 Å². The van der Waals surface area contributed by atoms with Gasteiger partial charge in [0.25, 0.3) is 0 Å². The van der Waals surface area contributed by atoms with Gasteiger partial charge in [0.2, 0.25) is 0 Å². The van der Waals surface area contributed by atoms with Gasteiger partial charge in [-0.15, -0.1) is 0 Å². The first-order valence-electron chi connectivity index (χ1n) is 6.59. The van der Waals surface area contributed by atoms with Gasteiger partial charge in [-0.2, -0.15) is 21.6 Å². The molecule has 0 radical (unpaired) electrons. The van der Waals surface area contributed by atoms with E-state index in [1.165, 1.54) is 12.4 Å². The van der Waals surface area contributed by atoms with Crippen molar-refractivity contribution in [3.8, 4) is 17.0 Å². The summed E-state index contributed by atoms with van der Waals surface area (Å²) in [4.78, 5) is 8.12. The maximum absolute atomic E-state index is 12.4. The highest BCUT2D eigenvalue weighted by Gasteiger charge is 2.48. The molecule has 0 N–H and O–H groups in total. The molecule has 3 aromatic rings. The Kier molecular flexibility index (Phi) is 3.88. The van der Waals surface area contributed by atoms with Gasteiger partial charge in [-0.3, -0.25) is 0 Å². The Bertz CT molecular complexity index is 990. The highest BCUT2D eigenvalue weighted by Crippen LogP contribution is 2.31. The van der Waals surface area contributed by atoms with E-state index in [1.54, 1.807) is 0 Å². The smallest absolute Gasteiger partial charge is 0.376 e. The molecule has 0 aliphatic rings. The molecule has 2 aromatic carbocycles. The van der Waals surface area contributed by atoms with Gasteiger partial charge in [-0.25, -0.2) is 9.97 Å². The van der Waals surface area contributed by atoms with Crippen molar-refractivity contribution >= 4 is 21.0 Å². The highest BCUT2D eigenvalue weighted by molar-refractivity contribution is 7.88. The molecule has 24 heavy (non-hydrogen) atoms. The Morgan fingerprint density at radius 2 is 1.67 bits per heavy atom. The summed E-state index contributed by atoms with van der Waals surface area (Å²) in [5.41, 5.74) is -3.87. The number of benzene rings is 2. The van der Waals surface area contributed by atoms with Crippen molar-refractivity contribution in [1.29, 1.82) is 0 Å². The van der Waals surface area contributed by atoms with E-state index in [2.05, 4.69) is 14.2 Å². The molecule has 1 aromatic heterocycles. The predicted octanol–water partition coefficient (Wildman–Crippen LogP) is 3.53. The van der Waals surface area contributed by atoms with Crippen molar-refractivity contribution in [2.75, 3.05) is 0 Å². The Morgan fingerprint density at radius 3 is 2.33 bits per heavy atom. The van der Waals surface area contributed by atoms with Crippen LogP contribution >= 0.6 is 0 Å². The summed E-state index contributed by atoms with van der Waals surface area (Å²) in [6, 6.07) is 12.8. The van der Waals surface area contributed by atoms with Crippen LogP contribution in [-0.4, -0.2) is 23.9 Å². The zero-order valence-electron chi connectivity index (χ0n) is 11.9. The largest absolute Gasteiger partial charge is 0.534 e. The third-order valence-electron chi connectivity index (χ3n) is 3.14. The first kappa shape index (κ1) is 16.2. The Hall–Kier alpha value is -2.68. The van der Waals surface area contributed by atoms with Crippen LogP contribution in [0, 0.1) is 0 Å². The van der Waals surface area contributed by atoms with E-state index in [0.717, 1.165) is 17.7 Å². The fourth-order valence-corrected chi connectivity index (χ4v) is 2.54. The molecule has 0 saturated heterocycles. The Balaban J connectivity index is 2.05. The molecule has 0 unspecified atom stereocenters. The maximum Gasteiger partial charge on any atom is 0.534 e. The van der Waals surface area contributed by atoms with Crippen molar-refractivity contribution < 1.29 is 25.8 Å². The van der Waals surface area contributed by atoms with Crippen molar-refractivity contribution in [1.82, 2.24) is 9.97 Å². The molecular weight excluding hydrogens is 345 g/mol. The van der Waals surface area contributed by atoms with Crippen molar-refractivity contribution in [2.45, 2.75) is 5.51 Å². The van der Waals surface area contributed by atoms with E-state index >= 15 is 0 Å². The van der Waals surface area contributed by atoms with Crippen LogP contribution in [-0.2, 0) is 10.1 Å². The number of hydrogen-bond donors (Lipinski definition) is 0. The van der Waals surface area contributed by atoms with Crippen LogP contribution in [0.15, 0.2) is 54.9 Å². The Labute approximate surface area is 134 Å². The summed E-state index contributed by atoms with van der Waals surface area (Å²) < 4.78 is 63.4. The van der Waals surface area contributed by atoms with Crippen LogP contribution in [0.25, 0.3) is 22.2 Å². The van der Waals surface area contributed by atoms with Gasteiger partial charge in [0.05, 0.1) is 11.2 Å². The second-order valence-electron chi connectivity index (χ2n) is 4.75. The van der Waals surface area contributed by atoms with Crippen molar-refractivity contribution in [2.24, 2.45) is 0 Å². The van der Waals surface area contributed by atoms with E-state index in [4.69, 9.17) is 0 Å². The third-order valence-corrected chi connectivity index (χ3v) is 4.12. The summed E-state index contributed by atoms with van der Waals surface area (Å²) in [6.07, 6.45) is 1.24. The molecular formula is C15H9F3N2O3S. The average molecular weight is 354 g/mol. The fourth-order valence-electron chi connectivity index (χ4n) is 2.09. The van der Waals surface area contributed by atoms with Gasteiger partial charge in [-0.05, 0) is 12.1 Å². The zero-order chi connectivity index (χ0) is 17.4. The summed E-state index contributed by atoms with van der Waals surface area (Å²) in [5, 5.41) is 0.556. The van der Waals surface area contributed by atoms with Crippen LogP contribution in [0.5, 0.6) is 5.75 Å². The minimum Gasteiger partial charge on any atom is -0.376 e. The van der Waals surface area contributed by atoms with Crippen molar-refractivity contribution in [3.05, 3.63) is 54.9 Å². The summed E-state index contributed by atoms with van der Waals surface area (Å²) in [6.45, 7) is 0. The molecule has 0 saturated carbocycles. The van der Waals surface area contributed by atoms with Crippen LogP contribution in [0.3, 0.4) is 0 Å². The number of halogens is 3. The quantitative estimate of drug-likeness (QED) is 0.532. The lowest BCUT2D eigenvalue weighted by Gasteiger charge is -2.10.